The van der Waals surface area contributed by atoms with Crippen LogP contribution in [0.3, 0.4) is 0 Å². The van der Waals surface area contributed by atoms with Crippen LogP contribution in [0.5, 0.6) is 0 Å². The second kappa shape index (κ2) is 9.73. The SMILES string of the molecule is COC[C@@H]1CCCN1[C@@H](C)C1C(C)CCC1P(c1ccccc1)c1ccccc1. The lowest BCUT2D eigenvalue weighted by Crippen LogP contribution is -2.47. The minimum absolute atomic E-state index is 0.345. The molecule has 0 spiro atoms. The van der Waals surface area contributed by atoms with Gasteiger partial charge in [-0.1, -0.05) is 67.6 Å². The molecule has 0 amide bonds. The zero-order valence-electron chi connectivity index (χ0n) is 18.2. The van der Waals surface area contributed by atoms with E-state index in [1.165, 1.54) is 32.2 Å². The molecule has 3 unspecified atom stereocenters. The molecule has 1 heterocycles. The molecular formula is C26H36NOP. The van der Waals surface area contributed by atoms with Crippen LogP contribution in [0.4, 0.5) is 0 Å². The van der Waals surface area contributed by atoms with Crippen LogP contribution in [0.25, 0.3) is 0 Å². The Kier molecular flexibility index (Phi) is 7.06. The fraction of sp³-hybridized carbons (Fsp3) is 0.538. The number of hydrogen-bond donors (Lipinski definition) is 0. The number of methoxy groups -OCH3 is 1. The molecule has 0 N–H and O–H groups in total. The number of likely N-dealkylation sites (tertiary alicyclic amines) is 1. The lowest BCUT2D eigenvalue weighted by atomic mass is 9.89. The molecule has 0 aromatic heterocycles. The van der Waals surface area contributed by atoms with E-state index in [1.54, 1.807) is 10.6 Å². The molecule has 2 fully saturated rings. The highest BCUT2D eigenvalue weighted by Gasteiger charge is 2.45. The van der Waals surface area contributed by atoms with E-state index in [0.717, 1.165) is 24.1 Å². The van der Waals surface area contributed by atoms with Gasteiger partial charge in [-0.2, -0.15) is 0 Å². The third kappa shape index (κ3) is 4.46. The van der Waals surface area contributed by atoms with Gasteiger partial charge < -0.3 is 4.74 Å². The van der Waals surface area contributed by atoms with Gasteiger partial charge in [-0.25, -0.2) is 0 Å². The maximum atomic E-state index is 5.57. The Morgan fingerprint density at radius 1 is 0.966 bits per heavy atom. The molecule has 2 aromatic carbocycles. The van der Waals surface area contributed by atoms with Crippen molar-refractivity contribution in [3.8, 4) is 0 Å². The lowest BCUT2D eigenvalue weighted by molar-refractivity contribution is 0.0673. The van der Waals surface area contributed by atoms with Crippen LogP contribution in [-0.4, -0.2) is 42.9 Å². The van der Waals surface area contributed by atoms with Gasteiger partial charge in [0.25, 0.3) is 0 Å². The van der Waals surface area contributed by atoms with Crippen LogP contribution in [0.15, 0.2) is 60.7 Å². The minimum Gasteiger partial charge on any atom is -0.383 e. The first-order valence-corrected chi connectivity index (χ1v) is 12.8. The Morgan fingerprint density at radius 2 is 1.59 bits per heavy atom. The van der Waals surface area contributed by atoms with Crippen molar-refractivity contribution < 1.29 is 4.74 Å². The van der Waals surface area contributed by atoms with Gasteiger partial charge in [0.05, 0.1) is 6.61 Å². The molecule has 2 aliphatic rings. The summed E-state index contributed by atoms with van der Waals surface area (Å²) < 4.78 is 5.57. The third-order valence-electron chi connectivity index (χ3n) is 7.28. The van der Waals surface area contributed by atoms with E-state index in [0.29, 0.717) is 12.1 Å². The van der Waals surface area contributed by atoms with Crippen molar-refractivity contribution in [3.05, 3.63) is 60.7 Å². The number of rotatable bonds is 7. The fourth-order valence-electron chi connectivity index (χ4n) is 5.99. The van der Waals surface area contributed by atoms with Crippen molar-refractivity contribution in [2.75, 3.05) is 20.3 Å². The van der Waals surface area contributed by atoms with Crippen LogP contribution in [0.1, 0.15) is 39.5 Å². The van der Waals surface area contributed by atoms with E-state index in [9.17, 15) is 0 Å². The minimum atomic E-state index is -0.345. The van der Waals surface area contributed by atoms with E-state index in [2.05, 4.69) is 79.4 Å². The van der Waals surface area contributed by atoms with Gasteiger partial charge in [-0.05, 0) is 75.2 Å². The Balaban J connectivity index is 1.66. The summed E-state index contributed by atoms with van der Waals surface area (Å²) in [6.45, 7) is 7.13. The first kappa shape index (κ1) is 21.0. The maximum absolute atomic E-state index is 5.57. The molecule has 2 nitrogen and oxygen atoms in total. The van der Waals surface area contributed by atoms with E-state index in [-0.39, 0.29) is 7.92 Å². The van der Waals surface area contributed by atoms with E-state index in [1.807, 2.05) is 7.11 Å². The van der Waals surface area contributed by atoms with Crippen LogP contribution in [0.2, 0.25) is 0 Å². The predicted octanol–water partition coefficient (Wildman–Crippen LogP) is 5.03. The molecule has 1 aliphatic heterocycles. The van der Waals surface area contributed by atoms with E-state index < -0.39 is 0 Å². The second-order valence-electron chi connectivity index (χ2n) is 8.97. The predicted molar refractivity (Wildman–Crippen MR) is 126 cm³/mol. The van der Waals surface area contributed by atoms with Gasteiger partial charge in [-0.3, -0.25) is 4.90 Å². The highest BCUT2D eigenvalue weighted by molar-refractivity contribution is 7.73. The Morgan fingerprint density at radius 3 is 2.17 bits per heavy atom. The molecular weight excluding hydrogens is 373 g/mol. The summed E-state index contributed by atoms with van der Waals surface area (Å²) in [5.41, 5.74) is 0.753. The zero-order valence-corrected chi connectivity index (χ0v) is 19.1. The summed E-state index contributed by atoms with van der Waals surface area (Å²) in [6, 6.07) is 23.9. The number of benzene rings is 2. The van der Waals surface area contributed by atoms with Gasteiger partial charge >= 0.3 is 0 Å². The molecule has 0 radical (unpaired) electrons. The summed E-state index contributed by atoms with van der Waals surface area (Å²) >= 11 is 0. The topological polar surface area (TPSA) is 12.5 Å². The molecule has 156 valence electrons. The van der Waals surface area contributed by atoms with Crippen molar-refractivity contribution >= 4 is 18.5 Å². The third-order valence-corrected chi connectivity index (χ3v) is 10.3. The highest BCUT2D eigenvalue weighted by Crippen LogP contribution is 2.53. The molecule has 2 aromatic rings. The Labute approximate surface area is 178 Å². The van der Waals surface area contributed by atoms with Crippen LogP contribution in [0, 0.1) is 11.8 Å². The van der Waals surface area contributed by atoms with Crippen molar-refractivity contribution in [2.45, 2.75) is 57.3 Å². The van der Waals surface area contributed by atoms with E-state index in [4.69, 9.17) is 4.74 Å². The highest BCUT2D eigenvalue weighted by atomic mass is 31.1. The maximum Gasteiger partial charge on any atom is 0.0618 e. The second-order valence-corrected chi connectivity index (χ2v) is 11.4. The summed E-state index contributed by atoms with van der Waals surface area (Å²) in [5, 5.41) is 3.08. The zero-order chi connectivity index (χ0) is 20.2. The molecule has 5 atom stereocenters. The molecule has 1 saturated carbocycles. The largest absolute Gasteiger partial charge is 0.383 e. The van der Waals surface area contributed by atoms with Crippen LogP contribution in [-0.2, 0) is 4.74 Å². The molecule has 3 heteroatoms. The quantitative estimate of drug-likeness (QED) is 0.595. The monoisotopic (exact) mass is 409 g/mol. The summed E-state index contributed by atoms with van der Waals surface area (Å²) in [7, 11) is 1.51. The fourth-order valence-corrected chi connectivity index (χ4v) is 9.34. The molecule has 0 bridgehead atoms. The lowest BCUT2D eigenvalue weighted by Gasteiger charge is -2.41. The summed E-state index contributed by atoms with van der Waals surface area (Å²) in [4.78, 5) is 2.78. The number of hydrogen-bond acceptors (Lipinski definition) is 2. The van der Waals surface area contributed by atoms with Gasteiger partial charge in [0.15, 0.2) is 0 Å². The van der Waals surface area contributed by atoms with Crippen molar-refractivity contribution in [3.63, 3.8) is 0 Å². The molecule has 1 saturated heterocycles. The van der Waals surface area contributed by atoms with Crippen LogP contribution >= 0.6 is 7.92 Å². The molecule has 29 heavy (non-hydrogen) atoms. The normalized spacial score (nSPS) is 28.8. The van der Waals surface area contributed by atoms with Crippen molar-refractivity contribution in [1.29, 1.82) is 0 Å². The van der Waals surface area contributed by atoms with Crippen LogP contribution < -0.4 is 10.6 Å². The average molecular weight is 410 g/mol. The number of nitrogens with zero attached hydrogens (tertiary/aromatic N) is 1. The molecule has 1 aliphatic carbocycles. The average Bonchev–Trinajstić information content (AvgIpc) is 3.37. The first-order chi connectivity index (χ1) is 14.2. The standard InChI is InChI=1S/C26H36NOP/c1-20-16-17-25(26(20)21(2)27-18-10-11-22(27)19-28-3)29(23-12-6-4-7-13-23)24-14-8-5-9-15-24/h4-9,12-15,20-22,25-26H,10-11,16-19H2,1-3H3/t20?,21-,22-,25?,26?/m0/s1. The summed E-state index contributed by atoms with van der Waals surface area (Å²) in [6.07, 6.45) is 5.32. The Bertz CT molecular complexity index is 712. The summed E-state index contributed by atoms with van der Waals surface area (Å²) in [5.74, 6) is 1.54. The van der Waals surface area contributed by atoms with E-state index >= 15 is 0 Å². The van der Waals surface area contributed by atoms with Crippen molar-refractivity contribution in [1.82, 2.24) is 4.90 Å². The van der Waals surface area contributed by atoms with Gasteiger partial charge in [0.1, 0.15) is 0 Å². The van der Waals surface area contributed by atoms with Crippen molar-refractivity contribution in [2.24, 2.45) is 11.8 Å². The Hall–Kier alpha value is -1.21. The van der Waals surface area contributed by atoms with Gasteiger partial charge in [-0.15, -0.1) is 0 Å². The first-order valence-electron chi connectivity index (χ1n) is 11.3. The van der Waals surface area contributed by atoms with Gasteiger partial charge in [0.2, 0.25) is 0 Å². The smallest absolute Gasteiger partial charge is 0.0618 e. The number of ether oxygens (including phenoxy) is 1. The molecule has 4 rings (SSSR count). The van der Waals surface area contributed by atoms with Gasteiger partial charge in [0, 0.05) is 19.2 Å².